The average Bonchev–Trinajstić information content (AvgIpc) is 2.67. The highest BCUT2D eigenvalue weighted by Crippen LogP contribution is 2.37. The molecule has 1 amide bonds. The van der Waals surface area contributed by atoms with Gasteiger partial charge in [0.15, 0.2) is 0 Å². The highest BCUT2D eigenvalue weighted by molar-refractivity contribution is 5.83. The largest absolute Gasteiger partial charge is 0.342 e. The van der Waals surface area contributed by atoms with Crippen LogP contribution in [-0.4, -0.2) is 18.5 Å². The van der Waals surface area contributed by atoms with Gasteiger partial charge in [-0.25, -0.2) is 0 Å². The van der Waals surface area contributed by atoms with Crippen molar-refractivity contribution in [2.45, 2.75) is 38.6 Å². The first kappa shape index (κ1) is 11.1. The van der Waals surface area contributed by atoms with Crippen molar-refractivity contribution in [1.82, 2.24) is 5.32 Å². The number of carbonyl (C=O) groups is 1. The average molecular weight is 194 g/mol. The van der Waals surface area contributed by atoms with E-state index in [1.807, 2.05) is 0 Å². The number of hydrogen-bond donors (Lipinski definition) is 2. The van der Waals surface area contributed by atoms with Gasteiger partial charge in [0.1, 0.15) is 0 Å². The standard InChI is InChI=1S/C11H18N2O/c1-3-9(2)13-10(14)11(8-12)6-4-5-7-11/h1,9H,4-8,12H2,2H3,(H,13,14). The first-order valence-corrected chi connectivity index (χ1v) is 5.12. The number of terminal acetylenes is 1. The molecule has 0 heterocycles. The van der Waals surface area contributed by atoms with Crippen LogP contribution in [0.5, 0.6) is 0 Å². The fourth-order valence-corrected chi connectivity index (χ4v) is 1.97. The van der Waals surface area contributed by atoms with Gasteiger partial charge in [0.2, 0.25) is 5.91 Å². The third-order valence-corrected chi connectivity index (χ3v) is 3.03. The molecule has 3 N–H and O–H groups in total. The molecule has 0 aromatic rings. The number of rotatable bonds is 3. The van der Waals surface area contributed by atoms with Gasteiger partial charge in [0.25, 0.3) is 0 Å². The highest BCUT2D eigenvalue weighted by atomic mass is 16.2. The Hall–Kier alpha value is -1.01. The number of amides is 1. The third kappa shape index (κ3) is 2.08. The van der Waals surface area contributed by atoms with Crippen molar-refractivity contribution in [2.75, 3.05) is 6.54 Å². The van der Waals surface area contributed by atoms with Crippen LogP contribution in [0.15, 0.2) is 0 Å². The fourth-order valence-electron chi connectivity index (χ4n) is 1.97. The molecule has 3 nitrogen and oxygen atoms in total. The summed E-state index contributed by atoms with van der Waals surface area (Å²) in [7, 11) is 0. The zero-order valence-corrected chi connectivity index (χ0v) is 8.68. The van der Waals surface area contributed by atoms with Crippen molar-refractivity contribution < 1.29 is 4.79 Å². The zero-order valence-electron chi connectivity index (χ0n) is 8.68. The van der Waals surface area contributed by atoms with Crippen LogP contribution < -0.4 is 11.1 Å². The third-order valence-electron chi connectivity index (χ3n) is 3.03. The van der Waals surface area contributed by atoms with Crippen molar-refractivity contribution in [3.8, 4) is 12.3 Å². The van der Waals surface area contributed by atoms with Gasteiger partial charge in [-0.15, -0.1) is 6.42 Å². The molecule has 78 valence electrons. The Bertz CT molecular complexity index is 249. The van der Waals surface area contributed by atoms with Crippen LogP contribution in [0.4, 0.5) is 0 Å². The van der Waals surface area contributed by atoms with Crippen molar-refractivity contribution in [1.29, 1.82) is 0 Å². The molecular formula is C11H18N2O. The summed E-state index contributed by atoms with van der Waals surface area (Å²) in [4.78, 5) is 11.9. The summed E-state index contributed by atoms with van der Waals surface area (Å²) in [5.74, 6) is 2.52. The lowest BCUT2D eigenvalue weighted by Gasteiger charge is -2.26. The summed E-state index contributed by atoms with van der Waals surface area (Å²) in [6.45, 7) is 2.23. The molecule has 0 bridgehead atoms. The van der Waals surface area contributed by atoms with Gasteiger partial charge < -0.3 is 11.1 Å². The Kier molecular flexibility index (Phi) is 3.54. The Morgan fingerprint density at radius 2 is 2.21 bits per heavy atom. The van der Waals surface area contributed by atoms with E-state index >= 15 is 0 Å². The molecule has 1 fully saturated rings. The smallest absolute Gasteiger partial charge is 0.228 e. The molecule has 0 saturated heterocycles. The minimum atomic E-state index is -0.342. The van der Waals surface area contributed by atoms with Crippen molar-refractivity contribution in [2.24, 2.45) is 11.1 Å². The number of nitrogens with one attached hydrogen (secondary N) is 1. The molecule has 3 heteroatoms. The van der Waals surface area contributed by atoms with Gasteiger partial charge in [0, 0.05) is 6.54 Å². The Morgan fingerprint density at radius 3 is 2.64 bits per heavy atom. The lowest BCUT2D eigenvalue weighted by atomic mass is 9.85. The van der Waals surface area contributed by atoms with Crippen molar-refractivity contribution >= 4 is 5.91 Å². The molecule has 0 aliphatic heterocycles. The van der Waals surface area contributed by atoms with Crippen LogP contribution in [0.2, 0.25) is 0 Å². The topological polar surface area (TPSA) is 55.1 Å². The van der Waals surface area contributed by atoms with Crippen LogP contribution in [0.3, 0.4) is 0 Å². The maximum Gasteiger partial charge on any atom is 0.228 e. The Balaban J connectivity index is 2.62. The predicted molar refractivity (Wildman–Crippen MR) is 56.4 cm³/mol. The minimum Gasteiger partial charge on any atom is -0.342 e. The van der Waals surface area contributed by atoms with Crippen LogP contribution in [0.25, 0.3) is 0 Å². The zero-order chi connectivity index (χ0) is 10.6. The maximum atomic E-state index is 11.9. The summed E-state index contributed by atoms with van der Waals surface area (Å²) in [6.07, 6.45) is 9.18. The minimum absolute atomic E-state index is 0.0305. The number of hydrogen-bond acceptors (Lipinski definition) is 2. The lowest BCUT2D eigenvalue weighted by Crippen LogP contribution is -2.46. The summed E-state index contributed by atoms with van der Waals surface area (Å²) >= 11 is 0. The van der Waals surface area contributed by atoms with Gasteiger partial charge in [-0.05, 0) is 19.8 Å². The molecule has 0 spiro atoms. The quantitative estimate of drug-likeness (QED) is 0.648. The van der Waals surface area contributed by atoms with Crippen LogP contribution in [0.1, 0.15) is 32.6 Å². The molecule has 1 atom stereocenters. The van der Waals surface area contributed by atoms with Crippen molar-refractivity contribution in [3.05, 3.63) is 0 Å². The maximum absolute atomic E-state index is 11.9. The SMILES string of the molecule is C#CC(C)NC(=O)C1(CN)CCCC1. The summed E-state index contributed by atoms with van der Waals surface area (Å²) in [5, 5.41) is 2.81. The molecule has 14 heavy (non-hydrogen) atoms. The van der Waals surface area contributed by atoms with E-state index in [1.54, 1.807) is 6.92 Å². The normalized spacial score (nSPS) is 21.2. The van der Waals surface area contributed by atoms with Crippen LogP contribution in [-0.2, 0) is 4.79 Å². The predicted octanol–water partition coefficient (Wildman–Crippen LogP) is 0.643. The van der Waals surface area contributed by atoms with E-state index in [9.17, 15) is 4.79 Å². The fraction of sp³-hybridized carbons (Fsp3) is 0.727. The first-order chi connectivity index (χ1) is 6.64. The van der Waals surface area contributed by atoms with E-state index in [1.165, 1.54) is 0 Å². The highest BCUT2D eigenvalue weighted by Gasteiger charge is 2.39. The van der Waals surface area contributed by atoms with Gasteiger partial charge in [-0.2, -0.15) is 0 Å². The Morgan fingerprint density at radius 1 is 1.64 bits per heavy atom. The van der Waals surface area contributed by atoms with E-state index in [0.29, 0.717) is 6.54 Å². The molecule has 1 aliphatic rings. The van der Waals surface area contributed by atoms with Gasteiger partial charge in [-0.3, -0.25) is 4.79 Å². The van der Waals surface area contributed by atoms with Crippen LogP contribution >= 0.6 is 0 Å². The summed E-state index contributed by atoms with van der Waals surface area (Å²) < 4.78 is 0. The molecule has 0 aromatic carbocycles. The molecule has 0 aromatic heterocycles. The molecule has 1 aliphatic carbocycles. The molecule has 1 rings (SSSR count). The van der Waals surface area contributed by atoms with E-state index in [2.05, 4.69) is 11.2 Å². The number of nitrogens with two attached hydrogens (primary N) is 1. The second-order valence-corrected chi connectivity index (χ2v) is 4.05. The molecular weight excluding hydrogens is 176 g/mol. The van der Waals surface area contributed by atoms with Gasteiger partial charge >= 0.3 is 0 Å². The lowest BCUT2D eigenvalue weighted by molar-refractivity contribution is -0.130. The molecule has 1 unspecified atom stereocenters. The Labute approximate surface area is 85.4 Å². The van der Waals surface area contributed by atoms with Gasteiger partial charge in [0.05, 0.1) is 11.5 Å². The van der Waals surface area contributed by atoms with E-state index in [4.69, 9.17) is 12.2 Å². The number of carbonyl (C=O) groups excluding carboxylic acids is 1. The van der Waals surface area contributed by atoms with Crippen LogP contribution in [0, 0.1) is 17.8 Å². The monoisotopic (exact) mass is 194 g/mol. The van der Waals surface area contributed by atoms with E-state index < -0.39 is 0 Å². The van der Waals surface area contributed by atoms with E-state index in [-0.39, 0.29) is 17.4 Å². The second-order valence-electron chi connectivity index (χ2n) is 4.05. The molecule has 0 radical (unpaired) electrons. The van der Waals surface area contributed by atoms with Gasteiger partial charge in [-0.1, -0.05) is 18.8 Å². The second kappa shape index (κ2) is 4.47. The summed E-state index contributed by atoms with van der Waals surface area (Å²) in [5.41, 5.74) is 5.33. The summed E-state index contributed by atoms with van der Waals surface area (Å²) in [6, 6.07) is -0.202. The van der Waals surface area contributed by atoms with Crippen molar-refractivity contribution in [3.63, 3.8) is 0 Å². The van der Waals surface area contributed by atoms with E-state index in [0.717, 1.165) is 25.7 Å². The first-order valence-electron chi connectivity index (χ1n) is 5.12. The molecule has 1 saturated carbocycles.